The maximum Gasteiger partial charge on any atom is 0.280 e. The first-order valence-electron chi connectivity index (χ1n) is 3.88. The van der Waals surface area contributed by atoms with Gasteiger partial charge in [0.05, 0.1) is 12.8 Å². The smallest absolute Gasteiger partial charge is 0.280 e. The van der Waals surface area contributed by atoms with Gasteiger partial charge in [-0.25, -0.2) is 0 Å². The highest BCUT2D eigenvalue weighted by atomic mass is 35.5. The van der Waals surface area contributed by atoms with Gasteiger partial charge in [0.1, 0.15) is 5.75 Å². The molecule has 1 aromatic rings. The molecule has 5 heteroatoms. The number of ether oxygens (including phenoxy) is 1. The first-order chi connectivity index (χ1) is 6.54. The second-order valence-corrected chi connectivity index (χ2v) is 3.58. The van der Waals surface area contributed by atoms with Gasteiger partial charge in [-0.15, -0.1) is 0 Å². The molecule has 0 saturated carbocycles. The molecular weight excluding hydrogens is 222 g/mol. The van der Waals surface area contributed by atoms with Gasteiger partial charge < -0.3 is 10.1 Å². The van der Waals surface area contributed by atoms with E-state index in [9.17, 15) is 4.79 Å². The van der Waals surface area contributed by atoms with Gasteiger partial charge in [-0.3, -0.25) is 4.79 Å². The monoisotopic (exact) mass is 231 g/mol. The molecule has 0 aliphatic rings. The predicted molar refractivity (Wildman–Crippen MR) is 60.7 cm³/mol. The Labute approximate surface area is 92.8 Å². The van der Waals surface area contributed by atoms with Crippen LogP contribution in [0.1, 0.15) is 5.56 Å². The largest absolute Gasteiger partial charge is 0.494 e. The molecule has 0 aliphatic heterocycles. The molecule has 0 atom stereocenters. The molecule has 0 saturated heterocycles. The Morgan fingerprint density at radius 3 is 2.71 bits per heavy atom. The summed E-state index contributed by atoms with van der Waals surface area (Å²) in [6.45, 7) is 1.85. The number of halogens is 1. The highest BCUT2D eigenvalue weighted by Gasteiger charge is 2.09. The maximum atomic E-state index is 10.8. The van der Waals surface area contributed by atoms with Crippen LogP contribution in [-0.4, -0.2) is 12.3 Å². The number of carbonyl (C=O) groups excluding carboxylic acids is 1. The van der Waals surface area contributed by atoms with Gasteiger partial charge in [0.15, 0.2) is 0 Å². The lowest BCUT2D eigenvalue weighted by molar-refractivity contribution is 0.270. The van der Waals surface area contributed by atoms with E-state index in [4.69, 9.17) is 16.3 Å². The first-order valence-corrected chi connectivity index (χ1v) is 4.71. The number of rotatable bonds is 2. The van der Waals surface area contributed by atoms with Crippen molar-refractivity contribution in [2.75, 3.05) is 12.4 Å². The number of nitrogens with one attached hydrogen (secondary N) is 1. The number of anilines is 1. The molecule has 0 spiro atoms. The van der Waals surface area contributed by atoms with Gasteiger partial charge in [0.2, 0.25) is 0 Å². The summed E-state index contributed by atoms with van der Waals surface area (Å²) in [5.41, 5.74) is 1.38. The van der Waals surface area contributed by atoms with Crippen LogP contribution in [0.15, 0.2) is 12.1 Å². The van der Waals surface area contributed by atoms with E-state index in [1.54, 1.807) is 12.1 Å². The standard InChI is InChI=1S/C9H10ClNO2S/c1-5-3-6(10)4-7(8(5)13-2)11-9(12)14/h3-4H,1-2H3,(H2,11,12,14). The molecule has 0 aromatic heterocycles. The summed E-state index contributed by atoms with van der Waals surface area (Å²) in [6.07, 6.45) is 0. The van der Waals surface area contributed by atoms with Crippen LogP contribution in [0.4, 0.5) is 10.5 Å². The summed E-state index contributed by atoms with van der Waals surface area (Å²) in [6, 6.07) is 3.37. The van der Waals surface area contributed by atoms with E-state index in [1.807, 2.05) is 6.92 Å². The van der Waals surface area contributed by atoms with Gasteiger partial charge in [0, 0.05) is 5.02 Å². The number of carbonyl (C=O) groups is 1. The zero-order valence-corrected chi connectivity index (χ0v) is 9.45. The van der Waals surface area contributed by atoms with Crippen molar-refractivity contribution in [1.29, 1.82) is 0 Å². The average Bonchev–Trinajstić information content (AvgIpc) is 2.01. The van der Waals surface area contributed by atoms with Crippen molar-refractivity contribution in [3.05, 3.63) is 22.7 Å². The molecule has 0 radical (unpaired) electrons. The normalized spacial score (nSPS) is 9.71. The van der Waals surface area contributed by atoms with Crippen molar-refractivity contribution in [3.8, 4) is 5.75 Å². The van der Waals surface area contributed by atoms with Gasteiger partial charge in [0.25, 0.3) is 5.24 Å². The van der Waals surface area contributed by atoms with Crippen molar-refractivity contribution in [1.82, 2.24) is 0 Å². The van der Waals surface area contributed by atoms with Crippen molar-refractivity contribution >= 4 is 35.2 Å². The Hall–Kier alpha value is -0.870. The number of amides is 1. The molecule has 14 heavy (non-hydrogen) atoms. The topological polar surface area (TPSA) is 38.3 Å². The van der Waals surface area contributed by atoms with Crippen molar-refractivity contribution in [2.45, 2.75) is 6.92 Å². The quantitative estimate of drug-likeness (QED) is 0.768. The number of hydrogen-bond acceptors (Lipinski definition) is 2. The second-order valence-electron chi connectivity index (χ2n) is 2.73. The van der Waals surface area contributed by atoms with Crippen LogP contribution >= 0.6 is 24.2 Å². The number of methoxy groups -OCH3 is 1. The highest BCUT2D eigenvalue weighted by molar-refractivity contribution is 7.96. The third-order valence-corrected chi connectivity index (χ3v) is 2.02. The van der Waals surface area contributed by atoms with Gasteiger partial charge in [-0.2, -0.15) is 0 Å². The molecule has 1 aromatic carbocycles. The van der Waals surface area contributed by atoms with Crippen LogP contribution in [0.5, 0.6) is 5.75 Å². The van der Waals surface area contributed by atoms with E-state index in [0.717, 1.165) is 5.56 Å². The Bertz CT molecular complexity index is 368. The minimum absolute atomic E-state index is 0.454. The maximum absolute atomic E-state index is 10.8. The van der Waals surface area contributed by atoms with E-state index in [2.05, 4.69) is 17.9 Å². The minimum atomic E-state index is -0.454. The molecule has 0 fully saturated rings. The first kappa shape index (κ1) is 11.2. The van der Waals surface area contributed by atoms with Crippen LogP contribution < -0.4 is 10.1 Å². The van der Waals surface area contributed by atoms with Crippen LogP contribution in [0.25, 0.3) is 0 Å². The van der Waals surface area contributed by atoms with Crippen LogP contribution in [0.3, 0.4) is 0 Å². The molecule has 1 rings (SSSR count). The fraction of sp³-hybridized carbons (Fsp3) is 0.222. The molecule has 1 amide bonds. The fourth-order valence-corrected chi connectivity index (χ4v) is 1.60. The van der Waals surface area contributed by atoms with Gasteiger partial charge >= 0.3 is 0 Å². The van der Waals surface area contributed by atoms with E-state index < -0.39 is 5.24 Å². The SMILES string of the molecule is COc1c(C)cc(Cl)cc1NC(=O)S. The molecular formula is C9H10ClNO2S. The summed E-state index contributed by atoms with van der Waals surface area (Å²) in [4.78, 5) is 10.8. The van der Waals surface area contributed by atoms with E-state index >= 15 is 0 Å². The predicted octanol–water partition coefficient (Wildman–Crippen LogP) is 3.12. The molecule has 0 heterocycles. The molecule has 76 valence electrons. The molecule has 0 bridgehead atoms. The van der Waals surface area contributed by atoms with Gasteiger partial charge in [-0.1, -0.05) is 24.2 Å². The van der Waals surface area contributed by atoms with Crippen LogP contribution in [0, 0.1) is 6.92 Å². The lowest BCUT2D eigenvalue weighted by Gasteiger charge is -2.11. The van der Waals surface area contributed by atoms with Crippen molar-refractivity contribution < 1.29 is 9.53 Å². The van der Waals surface area contributed by atoms with E-state index in [1.165, 1.54) is 7.11 Å². The molecule has 0 unspecified atom stereocenters. The zero-order valence-electron chi connectivity index (χ0n) is 7.80. The number of aryl methyl sites for hydroxylation is 1. The Morgan fingerprint density at radius 2 is 2.21 bits per heavy atom. The third-order valence-electron chi connectivity index (χ3n) is 1.69. The van der Waals surface area contributed by atoms with Gasteiger partial charge in [-0.05, 0) is 24.6 Å². The zero-order chi connectivity index (χ0) is 10.7. The number of thiol groups is 1. The van der Waals surface area contributed by atoms with E-state index in [-0.39, 0.29) is 0 Å². The highest BCUT2D eigenvalue weighted by Crippen LogP contribution is 2.32. The molecule has 1 N–H and O–H groups in total. The average molecular weight is 232 g/mol. The summed E-state index contributed by atoms with van der Waals surface area (Å²) >= 11 is 9.45. The van der Waals surface area contributed by atoms with Crippen molar-refractivity contribution in [2.24, 2.45) is 0 Å². The lowest BCUT2D eigenvalue weighted by atomic mass is 10.2. The summed E-state index contributed by atoms with van der Waals surface area (Å²) < 4.78 is 5.12. The van der Waals surface area contributed by atoms with Crippen LogP contribution in [0.2, 0.25) is 5.02 Å². The second kappa shape index (κ2) is 4.57. The summed E-state index contributed by atoms with van der Waals surface area (Å²) in [5, 5.41) is 2.61. The Kier molecular flexibility index (Phi) is 3.66. The number of hydrogen-bond donors (Lipinski definition) is 2. The summed E-state index contributed by atoms with van der Waals surface area (Å²) in [7, 11) is 1.53. The minimum Gasteiger partial charge on any atom is -0.494 e. The fourth-order valence-electron chi connectivity index (χ4n) is 1.21. The Balaban J connectivity index is 3.17. The third kappa shape index (κ3) is 2.56. The summed E-state index contributed by atoms with van der Waals surface area (Å²) in [5.74, 6) is 0.594. The van der Waals surface area contributed by atoms with Crippen molar-refractivity contribution in [3.63, 3.8) is 0 Å². The van der Waals surface area contributed by atoms with E-state index in [0.29, 0.717) is 16.5 Å². The Morgan fingerprint density at radius 1 is 1.57 bits per heavy atom. The molecule has 0 aliphatic carbocycles. The number of benzene rings is 1. The van der Waals surface area contributed by atoms with Crippen LogP contribution in [-0.2, 0) is 0 Å². The lowest BCUT2D eigenvalue weighted by Crippen LogP contribution is -2.04. The molecule has 3 nitrogen and oxygen atoms in total.